The topological polar surface area (TPSA) is 52.6 Å². The normalized spacial score (nSPS) is 15.3. The number of aromatic hydroxyl groups is 1. The van der Waals surface area contributed by atoms with Crippen molar-refractivity contribution in [3.63, 3.8) is 0 Å². The number of piperidine rings is 1. The maximum atomic E-state index is 12.0. The third kappa shape index (κ3) is 4.12. The Morgan fingerprint density at radius 1 is 1.30 bits per heavy atom. The summed E-state index contributed by atoms with van der Waals surface area (Å²) in [6.45, 7) is 2.85. The van der Waals surface area contributed by atoms with Crippen molar-refractivity contribution in [3.8, 4) is 5.75 Å². The van der Waals surface area contributed by atoms with E-state index < -0.39 is 0 Å². The lowest BCUT2D eigenvalue weighted by molar-refractivity contribution is -0.131. The molecule has 0 saturated carbocycles. The minimum Gasteiger partial charge on any atom is -0.508 e. The molecule has 2 rings (SSSR count). The molecule has 0 radical (unpaired) electrons. The molecule has 2 N–H and O–H groups in total. The Balaban J connectivity index is 1.72. The molecule has 0 atom stereocenters. The van der Waals surface area contributed by atoms with E-state index in [0.29, 0.717) is 30.1 Å². The molecule has 1 aliphatic heterocycles. The summed E-state index contributed by atoms with van der Waals surface area (Å²) in [7, 11) is 0. The van der Waals surface area contributed by atoms with Gasteiger partial charge >= 0.3 is 0 Å². The summed E-state index contributed by atoms with van der Waals surface area (Å²) in [4.78, 5) is 13.9. The van der Waals surface area contributed by atoms with E-state index in [1.165, 1.54) is 6.42 Å². The van der Waals surface area contributed by atoms with E-state index in [1.807, 2.05) is 4.90 Å². The maximum absolute atomic E-state index is 12.0. The lowest BCUT2D eigenvalue weighted by atomic mass is 10.1. The van der Waals surface area contributed by atoms with Gasteiger partial charge in [-0.25, -0.2) is 0 Å². The van der Waals surface area contributed by atoms with Crippen LogP contribution < -0.4 is 5.32 Å². The molecule has 0 bridgehead atoms. The highest BCUT2D eigenvalue weighted by Crippen LogP contribution is 2.24. The van der Waals surface area contributed by atoms with Gasteiger partial charge in [0, 0.05) is 43.2 Å². The summed E-state index contributed by atoms with van der Waals surface area (Å²) in [5.41, 5.74) is 0.680. The van der Waals surface area contributed by atoms with Crippen molar-refractivity contribution in [2.24, 2.45) is 0 Å². The quantitative estimate of drug-likeness (QED) is 0.821. The van der Waals surface area contributed by atoms with Gasteiger partial charge in [-0.05, 0) is 31.4 Å². The molecule has 1 heterocycles. The zero-order chi connectivity index (χ0) is 14.4. The van der Waals surface area contributed by atoms with Gasteiger partial charge < -0.3 is 15.3 Å². The fourth-order valence-electron chi connectivity index (χ4n) is 2.43. The first-order chi connectivity index (χ1) is 9.68. The van der Waals surface area contributed by atoms with Gasteiger partial charge in [-0.1, -0.05) is 17.7 Å². The highest BCUT2D eigenvalue weighted by atomic mass is 35.5. The average Bonchev–Trinajstić information content (AvgIpc) is 2.46. The molecule has 20 heavy (non-hydrogen) atoms. The first-order valence-electron chi connectivity index (χ1n) is 7.13. The van der Waals surface area contributed by atoms with Crippen molar-refractivity contribution in [1.82, 2.24) is 10.2 Å². The number of halogens is 1. The Morgan fingerprint density at radius 3 is 2.75 bits per heavy atom. The fourth-order valence-corrected chi connectivity index (χ4v) is 2.67. The summed E-state index contributed by atoms with van der Waals surface area (Å²) in [6.07, 6.45) is 3.96. The van der Waals surface area contributed by atoms with Gasteiger partial charge in [0.2, 0.25) is 5.91 Å². The van der Waals surface area contributed by atoms with E-state index in [2.05, 4.69) is 5.32 Å². The Bertz CT molecular complexity index is 439. The number of phenolic OH excluding ortho intramolecular Hbond substituents is 1. The SMILES string of the molecule is O=C(CCNCc1c(O)cccc1Cl)N1CCCCC1. The Labute approximate surface area is 124 Å². The molecule has 4 nitrogen and oxygen atoms in total. The average molecular weight is 297 g/mol. The van der Waals surface area contributed by atoms with Crippen molar-refractivity contribution >= 4 is 17.5 Å². The molecule has 1 saturated heterocycles. The third-order valence-electron chi connectivity index (χ3n) is 3.62. The van der Waals surface area contributed by atoms with E-state index in [9.17, 15) is 9.90 Å². The number of nitrogens with zero attached hydrogens (tertiary/aromatic N) is 1. The van der Waals surface area contributed by atoms with Crippen LogP contribution in [0.4, 0.5) is 0 Å². The predicted molar refractivity (Wildman–Crippen MR) is 79.9 cm³/mol. The Hall–Kier alpha value is -1.26. The molecule has 0 aliphatic carbocycles. The van der Waals surface area contributed by atoms with Gasteiger partial charge in [0.05, 0.1) is 0 Å². The molecule has 110 valence electrons. The molecule has 1 aromatic carbocycles. The second-order valence-electron chi connectivity index (χ2n) is 5.11. The highest BCUT2D eigenvalue weighted by molar-refractivity contribution is 6.31. The molecule has 0 spiro atoms. The lowest BCUT2D eigenvalue weighted by Crippen LogP contribution is -2.37. The number of carbonyl (C=O) groups is 1. The standard InChI is InChI=1S/C15H21ClN2O2/c16-13-5-4-6-14(19)12(13)11-17-8-7-15(20)18-9-2-1-3-10-18/h4-6,17,19H,1-3,7-11H2. The first-order valence-corrected chi connectivity index (χ1v) is 7.51. The van der Waals surface area contributed by atoms with E-state index in [4.69, 9.17) is 11.6 Å². The molecule has 1 aliphatic rings. The number of hydrogen-bond donors (Lipinski definition) is 2. The van der Waals surface area contributed by atoms with Gasteiger partial charge in [0.15, 0.2) is 0 Å². The van der Waals surface area contributed by atoms with E-state index >= 15 is 0 Å². The molecule has 1 fully saturated rings. The molecule has 1 amide bonds. The van der Waals surface area contributed by atoms with Crippen LogP contribution in [0.3, 0.4) is 0 Å². The number of nitrogens with one attached hydrogen (secondary N) is 1. The fraction of sp³-hybridized carbons (Fsp3) is 0.533. The molecule has 0 unspecified atom stereocenters. The minimum atomic E-state index is 0.187. The van der Waals surface area contributed by atoms with Crippen molar-refractivity contribution in [1.29, 1.82) is 0 Å². The summed E-state index contributed by atoms with van der Waals surface area (Å²) in [6, 6.07) is 5.07. The van der Waals surface area contributed by atoms with E-state index in [-0.39, 0.29) is 11.7 Å². The van der Waals surface area contributed by atoms with Crippen LogP contribution in [-0.2, 0) is 11.3 Å². The number of likely N-dealkylation sites (tertiary alicyclic amines) is 1. The Morgan fingerprint density at radius 2 is 2.05 bits per heavy atom. The van der Waals surface area contributed by atoms with Crippen LogP contribution in [0, 0.1) is 0 Å². The molecule has 0 aromatic heterocycles. The van der Waals surface area contributed by atoms with Crippen LogP contribution in [0.15, 0.2) is 18.2 Å². The molecular weight excluding hydrogens is 276 g/mol. The number of hydrogen-bond acceptors (Lipinski definition) is 3. The number of carbonyl (C=O) groups excluding carboxylic acids is 1. The number of rotatable bonds is 5. The zero-order valence-corrected chi connectivity index (χ0v) is 12.3. The summed E-state index contributed by atoms with van der Waals surface area (Å²) >= 11 is 6.02. The lowest BCUT2D eigenvalue weighted by Gasteiger charge is -2.26. The van der Waals surface area contributed by atoms with Crippen molar-refractivity contribution < 1.29 is 9.90 Å². The van der Waals surface area contributed by atoms with Gasteiger partial charge in [-0.3, -0.25) is 4.79 Å². The number of amides is 1. The maximum Gasteiger partial charge on any atom is 0.223 e. The van der Waals surface area contributed by atoms with E-state index in [1.54, 1.807) is 18.2 Å². The van der Waals surface area contributed by atoms with Gasteiger partial charge in [0.25, 0.3) is 0 Å². The minimum absolute atomic E-state index is 0.187. The van der Waals surface area contributed by atoms with Gasteiger partial charge in [-0.15, -0.1) is 0 Å². The summed E-state index contributed by atoms with van der Waals surface area (Å²) in [5, 5.41) is 13.4. The zero-order valence-electron chi connectivity index (χ0n) is 11.6. The first kappa shape index (κ1) is 15.1. The largest absolute Gasteiger partial charge is 0.508 e. The number of benzene rings is 1. The van der Waals surface area contributed by atoms with Gasteiger partial charge in [-0.2, -0.15) is 0 Å². The highest BCUT2D eigenvalue weighted by Gasteiger charge is 2.15. The molecular formula is C15H21ClN2O2. The summed E-state index contributed by atoms with van der Waals surface area (Å²) in [5.74, 6) is 0.396. The second kappa shape index (κ2) is 7.50. The monoisotopic (exact) mass is 296 g/mol. The van der Waals surface area contributed by atoms with Crippen LogP contribution in [0.1, 0.15) is 31.2 Å². The Kier molecular flexibility index (Phi) is 5.68. The smallest absolute Gasteiger partial charge is 0.223 e. The van der Waals surface area contributed by atoms with Crippen LogP contribution in [0.5, 0.6) is 5.75 Å². The van der Waals surface area contributed by atoms with Gasteiger partial charge in [0.1, 0.15) is 5.75 Å². The molecule has 5 heteroatoms. The van der Waals surface area contributed by atoms with Crippen molar-refractivity contribution in [2.45, 2.75) is 32.2 Å². The predicted octanol–water partition coefficient (Wildman–Crippen LogP) is 2.54. The van der Waals surface area contributed by atoms with Crippen LogP contribution in [-0.4, -0.2) is 35.5 Å². The van der Waals surface area contributed by atoms with Crippen molar-refractivity contribution in [3.05, 3.63) is 28.8 Å². The summed E-state index contributed by atoms with van der Waals surface area (Å²) < 4.78 is 0. The molecule has 1 aromatic rings. The van der Waals surface area contributed by atoms with E-state index in [0.717, 1.165) is 25.9 Å². The third-order valence-corrected chi connectivity index (χ3v) is 3.97. The van der Waals surface area contributed by atoms with Crippen LogP contribution >= 0.6 is 11.6 Å². The second-order valence-corrected chi connectivity index (χ2v) is 5.51. The number of phenols is 1. The van der Waals surface area contributed by atoms with Crippen LogP contribution in [0.25, 0.3) is 0 Å². The van der Waals surface area contributed by atoms with Crippen LogP contribution in [0.2, 0.25) is 5.02 Å². The van der Waals surface area contributed by atoms with Crippen molar-refractivity contribution in [2.75, 3.05) is 19.6 Å².